The Morgan fingerprint density at radius 1 is 0.550 bits per heavy atom. The van der Waals surface area contributed by atoms with Crippen LogP contribution in [0.4, 0.5) is 0 Å². The quantitative estimate of drug-likeness (QED) is 0.135. The van der Waals surface area contributed by atoms with Crippen LogP contribution in [-0.2, 0) is 31.9 Å². The first-order valence-corrected chi connectivity index (χ1v) is 13.6. The van der Waals surface area contributed by atoms with Gasteiger partial charge in [-0.15, -0.1) is 70.8 Å². The fourth-order valence-corrected chi connectivity index (χ4v) is 4.86. The zero-order valence-corrected chi connectivity index (χ0v) is 26.4. The van der Waals surface area contributed by atoms with Gasteiger partial charge in [-0.1, -0.05) is 84.0 Å². The van der Waals surface area contributed by atoms with E-state index in [4.69, 9.17) is 0 Å². The van der Waals surface area contributed by atoms with Crippen molar-refractivity contribution in [1.82, 2.24) is 9.97 Å². The summed E-state index contributed by atoms with van der Waals surface area (Å²) in [7, 11) is 0. The summed E-state index contributed by atoms with van der Waals surface area (Å²) in [6.45, 7) is 13.7. The third kappa shape index (κ3) is 6.68. The Balaban J connectivity index is 0.00000370. The zero-order valence-electron chi connectivity index (χ0n) is 24.1. The molecule has 0 radical (unpaired) electrons. The molecule has 2 aromatic heterocycles. The molecule has 0 aliphatic heterocycles. The fourth-order valence-electron chi connectivity index (χ4n) is 4.86. The maximum atomic E-state index is 4.59. The van der Waals surface area contributed by atoms with Gasteiger partial charge in [0.25, 0.3) is 0 Å². The third-order valence-corrected chi connectivity index (χ3v) is 7.16. The van der Waals surface area contributed by atoms with E-state index in [1.165, 1.54) is 16.7 Å². The molecule has 0 fully saturated rings. The molecule has 40 heavy (non-hydrogen) atoms. The number of aromatic nitrogens is 2. The Kier molecular flexibility index (Phi) is 8.91. The summed E-state index contributed by atoms with van der Waals surface area (Å²) < 4.78 is 0. The molecule has 0 aliphatic rings. The van der Waals surface area contributed by atoms with Gasteiger partial charge in [-0.2, -0.15) is 0 Å². The number of benzene rings is 3. The van der Waals surface area contributed by atoms with Gasteiger partial charge in [-0.25, -0.2) is 0 Å². The molecule has 0 aliphatic carbocycles. The summed E-state index contributed by atoms with van der Waals surface area (Å²) >= 11 is 0. The predicted octanol–water partition coefficient (Wildman–Crippen LogP) is 9.18. The summed E-state index contributed by atoms with van der Waals surface area (Å²) in [5, 5.41) is 0. The van der Waals surface area contributed by atoms with E-state index in [9.17, 15) is 0 Å². The maximum Gasteiger partial charge on any atom is 2.00 e. The van der Waals surface area contributed by atoms with Crippen LogP contribution in [0.25, 0.3) is 22.5 Å². The van der Waals surface area contributed by atoms with Crippen LogP contribution in [0.15, 0.2) is 103 Å². The second-order valence-corrected chi connectivity index (χ2v) is 12.2. The SMILES string of the molecule is CC(C)(C)c1cc(C(c2[c-]c(-c3ccccn3)ccc2)c2[c-]c(-c3ccccn3)ccc2)cc(C(C)(C)C)c1.[Pt+2]. The molecule has 0 N–H and O–H groups in total. The van der Waals surface area contributed by atoms with Crippen molar-refractivity contribution in [2.24, 2.45) is 0 Å². The van der Waals surface area contributed by atoms with Crippen molar-refractivity contribution >= 4 is 0 Å². The van der Waals surface area contributed by atoms with E-state index in [2.05, 4.69) is 118 Å². The van der Waals surface area contributed by atoms with Crippen LogP contribution in [0.3, 0.4) is 0 Å². The molecule has 2 heterocycles. The second-order valence-electron chi connectivity index (χ2n) is 12.2. The third-order valence-electron chi connectivity index (χ3n) is 7.16. The number of nitrogens with zero attached hydrogens (tertiary/aromatic N) is 2. The Morgan fingerprint density at radius 2 is 1.00 bits per heavy atom. The van der Waals surface area contributed by atoms with Crippen molar-refractivity contribution in [3.05, 3.63) is 143 Å². The predicted molar refractivity (Wildman–Crippen MR) is 162 cm³/mol. The topological polar surface area (TPSA) is 25.8 Å². The number of rotatable bonds is 5. The van der Waals surface area contributed by atoms with E-state index in [-0.39, 0.29) is 37.8 Å². The molecule has 2 nitrogen and oxygen atoms in total. The van der Waals surface area contributed by atoms with Crippen molar-refractivity contribution in [1.29, 1.82) is 0 Å². The molecule has 3 aromatic carbocycles. The Hall–Kier alpha value is -3.35. The van der Waals surface area contributed by atoms with E-state index in [0.29, 0.717) is 0 Å². The van der Waals surface area contributed by atoms with Crippen LogP contribution in [0, 0.1) is 12.1 Å². The molecule has 0 amide bonds. The van der Waals surface area contributed by atoms with Crippen LogP contribution < -0.4 is 0 Å². The van der Waals surface area contributed by atoms with Crippen LogP contribution in [0.5, 0.6) is 0 Å². The molecule has 5 aromatic rings. The van der Waals surface area contributed by atoms with Gasteiger partial charge in [0.2, 0.25) is 0 Å². The average molecular weight is 704 g/mol. The van der Waals surface area contributed by atoms with Gasteiger partial charge in [0.15, 0.2) is 0 Å². The molecule has 0 bridgehead atoms. The summed E-state index contributed by atoms with van der Waals surface area (Å²) in [6.07, 6.45) is 3.67. The van der Waals surface area contributed by atoms with Crippen LogP contribution in [0.1, 0.15) is 75.3 Å². The first-order valence-electron chi connectivity index (χ1n) is 13.6. The minimum absolute atomic E-state index is 0. The fraction of sp³-hybridized carbons (Fsp3) is 0.243. The molecule has 0 atom stereocenters. The standard InChI is InChI=1S/C37H36N2.Pt/c1-36(2,3)31-23-30(24-32(25-31)37(4,5)6)35(28-15-11-13-26(21-28)33-17-7-9-19-38-33)29-16-12-14-27(22-29)34-18-8-10-20-39-34;/h7-20,23-25,35H,1-6H3;/q-2;+2. The molecule has 0 saturated carbocycles. The Labute approximate surface area is 254 Å². The summed E-state index contributed by atoms with van der Waals surface area (Å²) in [5.41, 5.74) is 9.94. The minimum atomic E-state index is -0.0549. The van der Waals surface area contributed by atoms with E-state index < -0.39 is 0 Å². The van der Waals surface area contributed by atoms with Gasteiger partial charge >= 0.3 is 21.1 Å². The van der Waals surface area contributed by atoms with Crippen molar-refractivity contribution in [2.45, 2.75) is 58.3 Å². The molecular formula is C37H36N2Pt. The van der Waals surface area contributed by atoms with E-state index >= 15 is 0 Å². The zero-order chi connectivity index (χ0) is 27.6. The van der Waals surface area contributed by atoms with Crippen molar-refractivity contribution in [2.75, 3.05) is 0 Å². The molecule has 5 rings (SSSR count). The van der Waals surface area contributed by atoms with Crippen molar-refractivity contribution in [3.63, 3.8) is 0 Å². The van der Waals surface area contributed by atoms with Gasteiger partial charge in [0.05, 0.1) is 0 Å². The van der Waals surface area contributed by atoms with E-state index in [1.807, 2.05) is 48.8 Å². The molecule has 204 valence electrons. The van der Waals surface area contributed by atoms with Crippen LogP contribution >= 0.6 is 0 Å². The maximum absolute atomic E-state index is 4.59. The Bertz CT molecular complexity index is 1450. The van der Waals surface area contributed by atoms with Gasteiger partial charge < -0.3 is 9.97 Å². The van der Waals surface area contributed by atoms with Gasteiger partial charge in [-0.05, 0) is 57.0 Å². The van der Waals surface area contributed by atoms with E-state index in [0.717, 1.165) is 33.6 Å². The average Bonchev–Trinajstić information content (AvgIpc) is 2.93. The first-order chi connectivity index (χ1) is 18.6. The first kappa shape index (κ1) is 29.6. The monoisotopic (exact) mass is 703 g/mol. The number of hydrogen-bond acceptors (Lipinski definition) is 2. The molecular weight excluding hydrogens is 667 g/mol. The molecule has 0 unspecified atom stereocenters. The van der Waals surface area contributed by atoms with Gasteiger partial charge in [0, 0.05) is 12.4 Å². The normalized spacial score (nSPS) is 11.8. The summed E-state index contributed by atoms with van der Waals surface area (Å²) in [5.74, 6) is -0.0549. The number of hydrogen-bond donors (Lipinski definition) is 0. The van der Waals surface area contributed by atoms with Crippen LogP contribution in [-0.4, -0.2) is 9.97 Å². The van der Waals surface area contributed by atoms with Crippen LogP contribution in [0.2, 0.25) is 0 Å². The summed E-state index contributed by atoms with van der Waals surface area (Å²) in [4.78, 5) is 9.19. The minimum Gasteiger partial charge on any atom is -0.305 e. The van der Waals surface area contributed by atoms with Crippen molar-refractivity contribution < 1.29 is 21.1 Å². The van der Waals surface area contributed by atoms with E-state index in [1.54, 1.807) is 0 Å². The smallest absolute Gasteiger partial charge is 0.305 e. The Morgan fingerprint density at radius 3 is 1.38 bits per heavy atom. The number of pyridine rings is 2. The largest absolute Gasteiger partial charge is 2.00 e. The molecule has 0 spiro atoms. The second kappa shape index (κ2) is 12.0. The van der Waals surface area contributed by atoms with Gasteiger partial charge in [0.1, 0.15) is 0 Å². The summed E-state index contributed by atoms with van der Waals surface area (Å²) in [6, 6.07) is 39.4. The van der Waals surface area contributed by atoms with Gasteiger partial charge in [-0.3, -0.25) is 0 Å². The van der Waals surface area contributed by atoms with Crippen molar-refractivity contribution in [3.8, 4) is 22.5 Å². The molecule has 3 heteroatoms. The molecule has 0 saturated heterocycles.